The molecule has 0 unspecified atom stereocenters. The van der Waals surface area contributed by atoms with E-state index in [0.29, 0.717) is 6.04 Å². The Balaban J connectivity index is 1.62. The Labute approximate surface area is 183 Å². The molecule has 0 aromatic heterocycles. The van der Waals surface area contributed by atoms with E-state index in [1.165, 1.54) is 51.4 Å². The molecule has 5 heteroatoms. The van der Waals surface area contributed by atoms with Gasteiger partial charge in [-0.05, 0) is 75.8 Å². The summed E-state index contributed by atoms with van der Waals surface area (Å²) in [5, 5.41) is 4.33. The number of anilines is 1. The zero-order valence-corrected chi connectivity index (χ0v) is 19.2. The van der Waals surface area contributed by atoms with Gasteiger partial charge in [0.05, 0.1) is 6.61 Å². The number of ether oxygens (including phenoxy) is 1. The summed E-state index contributed by atoms with van der Waals surface area (Å²) in [6.07, 6.45) is 13.2. The Hall–Kier alpha value is -1.59. The maximum Gasteiger partial charge on any atom is 0.173 e. The van der Waals surface area contributed by atoms with Crippen molar-refractivity contribution in [1.29, 1.82) is 0 Å². The highest BCUT2D eigenvalue weighted by molar-refractivity contribution is 7.80. The summed E-state index contributed by atoms with van der Waals surface area (Å²) in [6, 6.07) is 8.78. The fourth-order valence-corrected chi connectivity index (χ4v) is 4.01. The van der Waals surface area contributed by atoms with Crippen molar-refractivity contribution in [3.8, 4) is 5.75 Å². The number of rotatable bonds is 12. The van der Waals surface area contributed by atoms with E-state index in [1.807, 2.05) is 25.3 Å². The van der Waals surface area contributed by atoms with E-state index in [0.717, 1.165) is 42.7 Å². The lowest BCUT2D eigenvalue weighted by atomic mass is 9.96. The highest BCUT2D eigenvalue weighted by atomic mass is 32.1. The van der Waals surface area contributed by atoms with Crippen molar-refractivity contribution in [2.24, 2.45) is 0 Å². The van der Waals surface area contributed by atoms with Gasteiger partial charge in [0.15, 0.2) is 5.11 Å². The van der Waals surface area contributed by atoms with Crippen molar-refractivity contribution in [2.75, 3.05) is 38.7 Å². The fourth-order valence-electron chi connectivity index (χ4n) is 3.74. The predicted octanol–water partition coefficient (Wildman–Crippen LogP) is 5.39. The van der Waals surface area contributed by atoms with Crippen LogP contribution in [0.1, 0.15) is 57.8 Å². The lowest BCUT2D eigenvalue weighted by Gasteiger charge is -2.28. The van der Waals surface area contributed by atoms with Crippen molar-refractivity contribution in [2.45, 2.75) is 63.8 Å². The Bertz CT molecular complexity index is 599. The molecule has 4 nitrogen and oxygen atoms in total. The van der Waals surface area contributed by atoms with Gasteiger partial charge in [0, 0.05) is 25.3 Å². The van der Waals surface area contributed by atoms with Gasteiger partial charge in [0.1, 0.15) is 5.75 Å². The summed E-state index contributed by atoms with van der Waals surface area (Å²) in [5.74, 6) is 0.930. The average molecular weight is 418 g/mol. The molecule has 0 amide bonds. The second-order valence-electron chi connectivity index (χ2n) is 8.15. The van der Waals surface area contributed by atoms with Gasteiger partial charge in [-0.3, -0.25) is 0 Å². The molecule has 162 valence electrons. The van der Waals surface area contributed by atoms with Gasteiger partial charge >= 0.3 is 0 Å². The Morgan fingerprint density at radius 2 is 1.79 bits per heavy atom. The summed E-state index contributed by atoms with van der Waals surface area (Å²) in [5.41, 5.74) is 1.09. The van der Waals surface area contributed by atoms with Crippen LogP contribution in [0.2, 0.25) is 0 Å². The largest absolute Gasteiger partial charge is 0.494 e. The molecule has 1 aromatic rings. The molecule has 1 fully saturated rings. The lowest BCUT2D eigenvalue weighted by molar-refractivity contribution is 0.300. The molecule has 0 bridgehead atoms. The van der Waals surface area contributed by atoms with Crippen LogP contribution in [0.25, 0.3) is 0 Å². The fraction of sp³-hybridized carbons (Fsp3) is 0.625. The lowest BCUT2D eigenvalue weighted by Crippen LogP contribution is -2.43. The van der Waals surface area contributed by atoms with Gasteiger partial charge in [0.2, 0.25) is 0 Å². The predicted molar refractivity (Wildman–Crippen MR) is 129 cm³/mol. The number of unbranched alkanes of at least 4 members (excludes halogenated alkanes) is 3. The van der Waals surface area contributed by atoms with Gasteiger partial charge < -0.3 is 19.9 Å². The summed E-state index contributed by atoms with van der Waals surface area (Å²) in [4.78, 5) is 4.36. The van der Waals surface area contributed by atoms with Gasteiger partial charge in [-0.25, -0.2) is 0 Å². The number of thiocarbonyl (C=S) groups is 1. The first-order valence-corrected chi connectivity index (χ1v) is 11.6. The Morgan fingerprint density at radius 3 is 2.48 bits per heavy atom. The van der Waals surface area contributed by atoms with Crippen LogP contribution in [-0.2, 0) is 0 Å². The standard InChI is InChI=1S/C24H39N3OS/c1-4-18-26(2)19-10-5-6-11-20-28-23-16-14-22(15-17-23)27(3)24(29)25-21-12-8-7-9-13-21/h4,14-17,21H,1,5-13,18-20H2,2-3H3,(H,25,29). The number of hydrogen-bond donors (Lipinski definition) is 1. The molecule has 0 saturated heterocycles. The SMILES string of the molecule is C=CCN(C)CCCCCCOc1ccc(N(C)C(=S)NC2CCCCC2)cc1. The van der Waals surface area contributed by atoms with E-state index < -0.39 is 0 Å². The normalized spacial score (nSPS) is 14.6. The quantitative estimate of drug-likeness (QED) is 0.280. The van der Waals surface area contributed by atoms with Crippen LogP contribution in [0, 0.1) is 0 Å². The van der Waals surface area contributed by atoms with Crippen molar-refractivity contribution in [1.82, 2.24) is 10.2 Å². The van der Waals surface area contributed by atoms with Crippen LogP contribution in [0.5, 0.6) is 5.75 Å². The molecule has 1 aromatic carbocycles. The van der Waals surface area contributed by atoms with Crippen molar-refractivity contribution in [3.63, 3.8) is 0 Å². The molecule has 29 heavy (non-hydrogen) atoms. The van der Waals surface area contributed by atoms with Crippen molar-refractivity contribution in [3.05, 3.63) is 36.9 Å². The first kappa shape index (κ1) is 23.7. The van der Waals surface area contributed by atoms with Crippen molar-refractivity contribution >= 4 is 23.0 Å². The van der Waals surface area contributed by atoms with E-state index in [9.17, 15) is 0 Å². The zero-order chi connectivity index (χ0) is 20.9. The third kappa shape index (κ3) is 9.18. The topological polar surface area (TPSA) is 27.7 Å². The number of likely N-dealkylation sites (N-methyl/N-ethyl adjacent to an activating group) is 1. The van der Waals surface area contributed by atoms with Gasteiger partial charge in [-0.1, -0.05) is 38.2 Å². The Kier molecular flexibility index (Phi) is 11.1. The first-order valence-electron chi connectivity index (χ1n) is 11.2. The maximum atomic E-state index is 5.90. The molecule has 0 radical (unpaired) electrons. The van der Waals surface area contributed by atoms with E-state index >= 15 is 0 Å². The highest BCUT2D eigenvalue weighted by Gasteiger charge is 2.16. The molecular weight excluding hydrogens is 378 g/mol. The minimum Gasteiger partial charge on any atom is -0.494 e. The summed E-state index contributed by atoms with van der Waals surface area (Å²) in [6.45, 7) is 6.66. The molecule has 2 rings (SSSR count). The van der Waals surface area contributed by atoms with E-state index in [2.05, 4.69) is 40.9 Å². The van der Waals surface area contributed by atoms with Crippen LogP contribution in [-0.4, -0.2) is 49.8 Å². The number of benzene rings is 1. The molecular formula is C24H39N3OS. The monoisotopic (exact) mass is 417 g/mol. The minimum atomic E-state index is 0.531. The van der Waals surface area contributed by atoms with Crippen molar-refractivity contribution < 1.29 is 4.74 Å². The second kappa shape index (κ2) is 13.6. The van der Waals surface area contributed by atoms with Crippen LogP contribution < -0.4 is 15.0 Å². The smallest absolute Gasteiger partial charge is 0.173 e. The van der Waals surface area contributed by atoms with Gasteiger partial charge in [-0.2, -0.15) is 0 Å². The third-order valence-electron chi connectivity index (χ3n) is 5.61. The number of nitrogens with one attached hydrogen (secondary N) is 1. The molecule has 0 heterocycles. The Morgan fingerprint density at radius 1 is 1.10 bits per heavy atom. The second-order valence-corrected chi connectivity index (χ2v) is 8.54. The van der Waals surface area contributed by atoms with Crippen LogP contribution in [0.3, 0.4) is 0 Å². The zero-order valence-electron chi connectivity index (χ0n) is 18.4. The highest BCUT2D eigenvalue weighted by Crippen LogP contribution is 2.21. The van der Waals surface area contributed by atoms with E-state index in [-0.39, 0.29) is 0 Å². The van der Waals surface area contributed by atoms with Crippen LogP contribution in [0.15, 0.2) is 36.9 Å². The third-order valence-corrected chi connectivity index (χ3v) is 6.00. The molecule has 1 aliphatic rings. The van der Waals surface area contributed by atoms with E-state index in [1.54, 1.807) is 0 Å². The molecule has 0 spiro atoms. The molecule has 1 saturated carbocycles. The van der Waals surface area contributed by atoms with Crippen LogP contribution in [0.4, 0.5) is 5.69 Å². The summed E-state index contributed by atoms with van der Waals surface area (Å²) in [7, 11) is 4.17. The maximum absolute atomic E-state index is 5.90. The minimum absolute atomic E-state index is 0.531. The molecule has 1 N–H and O–H groups in total. The molecule has 0 aliphatic heterocycles. The van der Waals surface area contributed by atoms with E-state index in [4.69, 9.17) is 17.0 Å². The first-order chi connectivity index (χ1) is 14.1. The number of hydrogen-bond acceptors (Lipinski definition) is 3. The van der Waals surface area contributed by atoms with Gasteiger partial charge in [0.25, 0.3) is 0 Å². The number of nitrogens with zero attached hydrogens (tertiary/aromatic N) is 2. The summed E-state index contributed by atoms with van der Waals surface area (Å²) >= 11 is 5.60. The molecule has 1 aliphatic carbocycles. The van der Waals surface area contributed by atoms with Gasteiger partial charge in [-0.15, -0.1) is 6.58 Å². The summed E-state index contributed by atoms with van der Waals surface area (Å²) < 4.78 is 5.90. The average Bonchev–Trinajstić information content (AvgIpc) is 2.74. The van der Waals surface area contributed by atoms with Crippen LogP contribution >= 0.6 is 12.2 Å². The molecule has 0 atom stereocenters.